The Bertz CT molecular complexity index is 751. The van der Waals surface area contributed by atoms with Crippen molar-refractivity contribution in [3.63, 3.8) is 0 Å². The van der Waals surface area contributed by atoms with Crippen molar-refractivity contribution in [3.8, 4) is 0 Å². The van der Waals surface area contributed by atoms with Gasteiger partial charge in [0.15, 0.2) is 6.29 Å². The summed E-state index contributed by atoms with van der Waals surface area (Å²) in [4.78, 5) is 0. The van der Waals surface area contributed by atoms with Crippen molar-refractivity contribution in [1.82, 2.24) is 0 Å². The quantitative estimate of drug-likeness (QED) is 0.581. The number of hydrogen-bond acceptors (Lipinski definition) is 2. The largest absolute Gasteiger partial charge is 0.365 e. The summed E-state index contributed by atoms with van der Waals surface area (Å²) in [5, 5.41) is 18.1. The Morgan fingerprint density at radius 2 is 1.65 bits per heavy atom. The molecular weight excluding hydrogens is 320 g/mol. The van der Waals surface area contributed by atoms with Crippen molar-refractivity contribution in [3.05, 3.63) is 58.7 Å². The van der Waals surface area contributed by atoms with Gasteiger partial charge >= 0.3 is 0 Å². The average Bonchev–Trinajstić information content (AvgIpc) is 3.21. The van der Waals surface area contributed by atoms with Crippen LogP contribution in [0.2, 0.25) is 0 Å². The number of hydrogen-bond donors (Lipinski definition) is 2. The summed E-state index contributed by atoms with van der Waals surface area (Å²) in [6, 6.07) is 7.20. The molecule has 142 valence electrons. The minimum atomic E-state index is -1.38. The van der Waals surface area contributed by atoms with E-state index in [1.165, 1.54) is 35.6 Å². The predicted octanol–water partition coefficient (Wildman–Crippen LogP) is 5.13. The van der Waals surface area contributed by atoms with Crippen LogP contribution in [-0.4, -0.2) is 16.5 Å². The molecule has 0 spiro atoms. The predicted molar refractivity (Wildman–Crippen MR) is 108 cm³/mol. The van der Waals surface area contributed by atoms with E-state index in [0.717, 1.165) is 12.0 Å². The van der Waals surface area contributed by atoms with Gasteiger partial charge in [0, 0.05) is 0 Å². The molecule has 1 fully saturated rings. The van der Waals surface area contributed by atoms with Crippen molar-refractivity contribution < 1.29 is 10.2 Å². The molecular formula is C24H34O2. The number of aliphatic hydroxyl groups is 2. The molecule has 0 saturated heterocycles. The minimum Gasteiger partial charge on any atom is -0.365 e. The molecule has 0 aliphatic heterocycles. The summed E-state index contributed by atoms with van der Waals surface area (Å²) in [6.07, 6.45) is 7.96. The fraction of sp³-hybridized carbons (Fsp3) is 0.583. The van der Waals surface area contributed by atoms with Gasteiger partial charge in [-0.1, -0.05) is 70.5 Å². The fourth-order valence-electron chi connectivity index (χ4n) is 4.51. The maximum Gasteiger partial charge on any atom is 0.171 e. The van der Waals surface area contributed by atoms with Crippen LogP contribution in [0.1, 0.15) is 77.5 Å². The first-order valence-corrected chi connectivity index (χ1v) is 9.84. The summed E-state index contributed by atoms with van der Waals surface area (Å²) in [5.41, 5.74) is 6.09. The van der Waals surface area contributed by atoms with E-state index in [9.17, 15) is 0 Å². The molecule has 0 amide bonds. The molecule has 2 aliphatic carbocycles. The van der Waals surface area contributed by atoms with Crippen LogP contribution in [0.15, 0.2) is 42.0 Å². The highest BCUT2D eigenvalue weighted by Crippen LogP contribution is 2.56. The summed E-state index contributed by atoms with van der Waals surface area (Å²) in [5.74, 6) is 0.513. The third-order valence-electron chi connectivity index (χ3n) is 6.82. The van der Waals surface area contributed by atoms with Crippen molar-refractivity contribution in [2.24, 2.45) is 5.92 Å². The summed E-state index contributed by atoms with van der Waals surface area (Å²) in [6.45, 7) is 13.8. The topological polar surface area (TPSA) is 40.5 Å². The lowest BCUT2D eigenvalue weighted by Gasteiger charge is -2.42. The first-order valence-electron chi connectivity index (χ1n) is 9.84. The number of fused-ring (bicyclic) bond motifs is 1. The lowest BCUT2D eigenvalue weighted by molar-refractivity contribution is 0.00192. The molecule has 1 saturated carbocycles. The van der Waals surface area contributed by atoms with Crippen molar-refractivity contribution in [2.75, 3.05) is 0 Å². The van der Waals surface area contributed by atoms with Gasteiger partial charge in [0.05, 0.1) is 0 Å². The van der Waals surface area contributed by atoms with Crippen molar-refractivity contribution in [2.45, 2.75) is 83.3 Å². The Labute approximate surface area is 158 Å². The molecule has 1 aromatic carbocycles. The second kappa shape index (κ2) is 6.35. The zero-order chi connectivity index (χ0) is 19.3. The Balaban J connectivity index is 1.87. The molecule has 2 atom stereocenters. The second-order valence-corrected chi connectivity index (χ2v) is 9.94. The minimum absolute atomic E-state index is 0.196. The van der Waals surface area contributed by atoms with Crippen LogP contribution in [-0.2, 0) is 16.2 Å². The second-order valence-electron chi connectivity index (χ2n) is 9.94. The highest BCUT2D eigenvalue weighted by molar-refractivity contribution is 5.48. The Hall–Kier alpha value is -1.38. The van der Waals surface area contributed by atoms with E-state index in [-0.39, 0.29) is 16.2 Å². The van der Waals surface area contributed by atoms with Gasteiger partial charge in [-0.15, -0.1) is 0 Å². The normalized spacial score (nSPS) is 29.9. The van der Waals surface area contributed by atoms with Gasteiger partial charge in [0.25, 0.3) is 0 Å². The van der Waals surface area contributed by atoms with Crippen LogP contribution in [0.25, 0.3) is 0 Å². The molecule has 2 aliphatic rings. The SMILES string of the molecule is CC(/C=C/[C@@H]1C[C@]1(C)c1ccc2c(c1)C(C)(C)CCC2(C)C)=C\C(O)O. The molecule has 26 heavy (non-hydrogen) atoms. The Morgan fingerprint density at radius 3 is 2.27 bits per heavy atom. The lowest BCUT2D eigenvalue weighted by atomic mass is 9.62. The molecule has 0 heterocycles. The summed E-state index contributed by atoms with van der Waals surface area (Å²) >= 11 is 0. The zero-order valence-corrected chi connectivity index (χ0v) is 17.1. The highest BCUT2D eigenvalue weighted by atomic mass is 16.5. The van der Waals surface area contributed by atoms with E-state index >= 15 is 0 Å². The van der Waals surface area contributed by atoms with Gasteiger partial charge in [0.1, 0.15) is 0 Å². The summed E-state index contributed by atoms with van der Waals surface area (Å²) in [7, 11) is 0. The van der Waals surface area contributed by atoms with Crippen LogP contribution in [0.4, 0.5) is 0 Å². The maximum atomic E-state index is 9.03. The van der Waals surface area contributed by atoms with Gasteiger partial charge in [0.2, 0.25) is 0 Å². The monoisotopic (exact) mass is 354 g/mol. The average molecular weight is 355 g/mol. The third-order valence-corrected chi connectivity index (χ3v) is 6.82. The van der Waals surface area contributed by atoms with E-state index in [2.05, 4.69) is 58.9 Å². The number of allylic oxidation sites excluding steroid dienone is 3. The standard InChI is InChI=1S/C24H34O2/c1-16(13-21(25)26)7-8-18-15-24(18,6)17-9-10-19-20(14-17)23(4,5)12-11-22(19,2)3/h7-10,13-14,18,21,25-26H,11-12,15H2,1-6H3/b8-7+,16-13+/t18-,24-/m1/s1. The van der Waals surface area contributed by atoms with E-state index < -0.39 is 6.29 Å². The Morgan fingerprint density at radius 1 is 1.04 bits per heavy atom. The number of aliphatic hydroxyl groups excluding tert-OH is 1. The fourth-order valence-corrected chi connectivity index (χ4v) is 4.51. The first-order chi connectivity index (χ1) is 12.0. The maximum absolute atomic E-state index is 9.03. The van der Waals surface area contributed by atoms with Crippen LogP contribution >= 0.6 is 0 Å². The van der Waals surface area contributed by atoms with Gasteiger partial charge < -0.3 is 10.2 Å². The highest BCUT2D eigenvalue weighted by Gasteiger charge is 2.50. The van der Waals surface area contributed by atoms with Crippen molar-refractivity contribution in [1.29, 1.82) is 0 Å². The zero-order valence-electron chi connectivity index (χ0n) is 17.1. The molecule has 0 radical (unpaired) electrons. The Kier molecular flexibility index (Phi) is 4.74. The molecule has 0 bridgehead atoms. The van der Waals surface area contributed by atoms with Crippen LogP contribution in [0.5, 0.6) is 0 Å². The molecule has 0 unspecified atom stereocenters. The molecule has 2 heteroatoms. The van der Waals surface area contributed by atoms with E-state index in [1.807, 2.05) is 13.0 Å². The number of benzene rings is 1. The third kappa shape index (κ3) is 3.54. The van der Waals surface area contributed by atoms with Gasteiger partial charge in [-0.3, -0.25) is 0 Å². The van der Waals surface area contributed by atoms with Gasteiger partial charge in [-0.25, -0.2) is 0 Å². The molecule has 2 nitrogen and oxygen atoms in total. The summed E-state index contributed by atoms with van der Waals surface area (Å²) < 4.78 is 0. The first kappa shape index (κ1) is 19.4. The van der Waals surface area contributed by atoms with Crippen LogP contribution < -0.4 is 0 Å². The molecule has 3 rings (SSSR count). The number of rotatable bonds is 4. The molecule has 2 N–H and O–H groups in total. The van der Waals surface area contributed by atoms with E-state index in [4.69, 9.17) is 10.2 Å². The van der Waals surface area contributed by atoms with E-state index in [0.29, 0.717) is 5.92 Å². The lowest BCUT2D eigenvalue weighted by Crippen LogP contribution is -2.34. The van der Waals surface area contributed by atoms with Crippen molar-refractivity contribution >= 4 is 0 Å². The molecule has 0 aromatic heterocycles. The van der Waals surface area contributed by atoms with Gasteiger partial charge in [-0.05, 0) is 71.1 Å². The van der Waals surface area contributed by atoms with Crippen LogP contribution in [0.3, 0.4) is 0 Å². The molecule has 1 aromatic rings. The van der Waals surface area contributed by atoms with Gasteiger partial charge in [-0.2, -0.15) is 0 Å². The van der Waals surface area contributed by atoms with Crippen LogP contribution in [0, 0.1) is 5.92 Å². The van der Waals surface area contributed by atoms with E-state index in [1.54, 1.807) is 0 Å². The smallest absolute Gasteiger partial charge is 0.171 e.